The predicted octanol–water partition coefficient (Wildman–Crippen LogP) is 4.10. The molecule has 1 saturated carbocycles. The topological polar surface area (TPSA) is 72.9 Å². The van der Waals surface area contributed by atoms with Crippen molar-refractivity contribution in [3.63, 3.8) is 0 Å². The van der Waals surface area contributed by atoms with Crippen LogP contribution in [0.25, 0.3) is 0 Å². The van der Waals surface area contributed by atoms with Crippen LogP contribution in [0.1, 0.15) is 38.2 Å². The van der Waals surface area contributed by atoms with Gasteiger partial charge in [0.15, 0.2) is 0 Å². The summed E-state index contributed by atoms with van der Waals surface area (Å²) in [6, 6.07) is 14.7. The number of aromatic hydroxyl groups is 1. The second-order valence-electron chi connectivity index (χ2n) is 7.66. The van der Waals surface area contributed by atoms with Gasteiger partial charge < -0.3 is 20.2 Å². The fraction of sp³-hybridized carbons (Fsp3) is 0.364. The molecule has 1 heterocycles. The lowest BCUT2D eigenvalue weighted by Gasteiger charge is -2.25. The van der Waals surface area contributed by atoms with Gasteiger partial charge in [0, 0.05) is 36.4 Å². The molecule has 2 aliphatic rings. The number of hydrogen-bond acceptors (Lipinski definition) is 3. The number of nitrogens with zero attached hydrogens (tertiary/aromatic N) is 2. The zero-order valence-corrected chi connectivity index (χ0v) is 16.0. The largest absolute Gasteiger partial charge is 0.508 e. The van der Waals surface area contributed by atoms with Gasteiger partial charge in [0.2, 0.25) is 5.91 Å². The number of hydrogen-bond donors (Lipinski definition) is 2. The standard InChI is InChI=1S/C22H25N3O3/c1-15-8-11-21(27)25(15)19-6-3-5-17(13-19)23-22(28)24(18-9-10-18)14-16-4-2-7-20(26)12-16/h2-7,12-13,15,18,26H,8-11,14H2,1H3,(H,23,28)/t15-/m0/s1. The van der Waals surface area contributed by atoms with Gasteiger partial charge in [0.25, 0.3) is 0 Å². The van der Waals surface area contributed by atoms with E-state index in [1.165, 1.54) is 0 Å². The van der Waals surface area contributed by atoms with Crippen molar-refractivity contribution in [2.75, 3.05) is 10.2 Å². The minimum atomic E-state index is -0.163. The van der Waals surface area contributed by atoms with E-state index < -0.39 is 0 Å². The lowest BCUT2D eigenvalue weighted by atomic mass is 10.2. The van der Waals surface area contributed by atoms with E-state index in [0.29, 0.717) is 18.7 Å². The fourth-order valence-electron chi connectivity index (χ4n) is 3.76. The summed E-state index contributed by atoms with van der Waals surface area (Å²) in [6.07, 6.45) is 3.41. The maximum atomic E-state index is 12.9. The Bertz CT molecular complexity index is 894. The van der Waals surface area contributed by atoms with Gasteiger partial charge in [-0.2, -0.15) is 0 Å². The van der Waals surface area contributed by atoms with Crippen LogP contribution in [0.3, 0.4) is 0 Å². The molecular weight excluding hydrogens is 354 g/mol. The fourth-order valence-corrected chi connectivity index (χ4v) is 3.76. The Morgan fingerprint density at radius 1 is 1.18 bits per heavy atom. The van der Waals surface area contributed by atoms with Crippen LogP contribution in [0.2, 0.25) is 0 Å². The first-order valence-corrected chi connectivity index (χ1v) is 9.79. The Morgan fingerprint density at radius 2 is 1.96 bits per heavy atom. The minimum absolute atomic E-state index is 0.125. The molecule has 0 radical (unpaired) electrons. The molecule has 2 N–H and O–H groups in total. The molecule has 6 nitrogen and oxygen atoms in total. The SMILES string of the molecule is C[C@H]1CCC(=O)N1c1cccc(NC(=O)N(Cc2cccc(O)c2)C2CC2)c1. The van der Waals surface area contributed by atoms with Gasteiger partial charge in [-0.25, -0.2) is 4.79 Å². The van der Waals surface area contributed by atoms with Crippen molar-refractivity contribution in [2.24, 2.45) is 0 Å². The van der Waals surface area contributed by atoms with Crippen molar-refractivity contribution in [3.05, 3.63) is 54.1 Å². The monoisotopic (exact) mass is 379 g/mol. The van der Waals surface area contributed by atoms with Crippen LogP contribution >= 0.6 is 0 Å². The summed E-state index contributed by atoms with van der Waals surface area (Å²) in [5.41, 5.74) is 2.39. The van der Waals surface area contributed by atoms with Crippen molar-refractivity contribution >= 4 is 23.3 Å². The van der Waals surface area contributed by atoms with Crippen LogP contribution in [0.15, 0.2) is 48.5 Å². The van der Waals surface area contributed by atoms with Gasteiger partial charge in [-0.1, -0.05) is 18.2 Å². The Kier molecular flexibility index (Phi) is 4.94. The molecule has 1 aliphatic heterocycles. The molecule has 0 bridgehead atoms. The van der Waals surface area contributed by atoms with E-state index in [1.54, 1.807) is 23.1 Å². The van der Waals surface area contributed by atoms with Gasteiger partial charge in [-0.15, -0.1) is 0 Å². The lowest BCUT2D eigenvalue weighted by Crippen LogP contribution is -2.36. The Balaban J connectivity index is 1.49. The molecule has 0 spiro atoms. The molecule has 2 aromatic carbocycles. The number of benzene rings is 2. The maximum Gasteiger partial charge on any atom is 0.322 e. The molecule has 2 fully saturated rings. The molecule has 1 saturated heterocycles. The number of rotatable bonds is 5. The van der Waals surface area contributed by atoms with Crippen molar-refractivity contribution in [2.45, 2.75) is 51.2 Å². The Morgan fingerprint density at radius 3 is 2.64 bits per heavy atom. The quantitative estimate of drug-likeness (QED) is 0.821. The molecule has 1 aliphatic carbocycles. The second kappa shape index (κ2) is 7.54. The Labute approximate surface area is 164 Å². The highest BCUT2D eigenvalue weighted by atomic mass is 16.3. The summed E-state index contributed by atoms with van der Waals surface area (Å²) < 4.78 is 0. The molecule has 1 atom stereocenters. The average molecular weight is 379 g/mol. The van der Waals surface area contributed by atoms with E-state index in [-0.39, 0.29) is 29.8 Å². The molecule has 28 heavy (non-hydrogen) atoms. The summed E-state index contributed by atoms with van der Waals surface area (Å²) >= 11 is 0. The van der Waals surface area contributed by atoms with Crippen LogP contribution in [0.4, 0.5) is 16.2 Å². The number of anilines is 2. The third-order valence-corrected chi connectivity index (χ3v) is 5.37. The normalized spacial score (nSPS) is 19.0. The van der Waals surface area contributed by atoms with E-state index in [1.807, 2.05) is 42.2 Å². The highest BCUT2D eigenvalue weighted by Crippen LogP contribution is 2.31. The number of phenolic OH excluding ortho intramolecular Hbond substituents is 1. The number of urea groups is 1. The summed E-state index contributed by atoms with van der Waals surface area (Å²) in [6.45, 7) is 2.49. The molecule has 6 heteroatoms. The molecule has 0 aromatic heterocycles. The van der Waals surface area contributed by atoms with Crippen LogP contribution in [0.5, 0.6) is 5.75 Å². The molecular formula is C22H25N3O3. The average Bonchev–Trinajstić information content (AvgIpc) is 3.44. The summed E-state index contributed by atoms with van der Waals surface area (Å²) in [7, 11) is 0. The van der Waals surface area contributed by atoms with Crippen LogP contribution < -0.4 is 10.2 Å². The molecule has 0 unspecified atom stereocenters. The van der Waals surface area contributed by atoms with E-state index in [2.05, 4.69) is 5.32 Å². The molecule has 2 aromatic rings. The Hall–Kier alpha value is -3.02. The number of carbonyl (C=O) groups is 2. The molecule has 3 amide bonds. The van der Waals surface area contributed by atoms with Crippen molar-refractivity contribution in [3.8, 4) is 5.75 Å². The second-order valence-corrected chi connectivity index (χ2v) is 7.66. The van der Waals surface area contributed by atoms with Gasteiger partial charge in [-0.3, -0.25) is 4.79 Å². The number of amides is 3. The van der Waals surface area contributed by atoms with Crippen molar-refractivity contribution in [1.29, 1.82) is 0 Å². The van der Waals surface area contributed by atoms with Gasteiger partial charge in [0.05, 0.1) is 0 Å². The van der Waals surface area contributed by atoms with E-state index in [4.69, 9.17) is 0 Å². The van der Waals surface area contributed by atoms with Crippen molar-refractivity contribution in [1.82, 2.24) is 4.90 Å². The van der Waals surface area contributed by atoms with E-state index in [9.17, 15) is 14.7 Å². The zero-order chi connectivity index (χ0) is 19.7. The first kappa shape index (κ1) is 18.3. The third kappa shape index (κ3) is 3.96. The summed E-state index contributed by atoms with van der Waals surface area (Å²) in [5.74, 6) is 0.324. The van der Waals surface area contributed by atoms with Crippen molar-refractivity contribution < 1.29 is 14.7 Å². The maximum absolute atomic E-state index is 12.9. The van der Waals surface area contributed by atoms with E-state index in [0.717, 1.165) is 30.5 Å². The smallest absolute Gasteiger partial charge is 0.322 e. The number of carbonyl (C=O) groups excluding carboxylic acids is 2. The molecule has 146 valence electrons. The zero-order valence-electron chi connectivity index (χ0n) is 16.0. The first-order valence-electron chi connectivity index (χ1n) is 9.79. The molecule has 4 rings (SSSR count). The number of phenols is 1. The van der Waals surface area contributed by atoms with Crippen LogP contribution in [-0.4, -0.2) is 34.0 Å². The number of nitrogens with one attached hydrogen (secondary N) is 1. The van der Waals surface area contributed by atoms with Crippen LogP contribution in [0, 0.1) is 0 Å². The van der Waals surface area contributed by atoms with Gasteiger partial charge >= 0.3 is 6.03 Å². The van der Waals surface area contributed by atoms with Crippen LogP contribution in [-0.2, 0) is 11.3 Å². The van der Waals surface area contributed by atoms with E-state index >= 15 is 0 Å². The summed E-state index contributed by atoms with van der Waals surface area (Å²) in [5, 5.41) is 12.7. The van der Waals surface area contributed by atoms with Gasteiger partial charge in [-0.05, 0) is 62.1 Å². The highest BCUT2D eigenvalue weighted by molar-refractivity contribution is 5.97. The summed E-state index contributed by atoms with van der Waals surface area (Å²) in [4.78, 5) is 28.7. The predicted molar refractivity (Wildman–Crippen MR) is 108 cm³/mol. The first-order chi connectivity index (χ1) is 13.5. The highest BCUT2D eigenvalue weighted by Gasteiger charge is 2.33. The minimum Gasteiger partial charge on any atom is -0.508 e. The lowest BCUT2D eigenvalue weighted by molar-refractivity contribution is -0.117. The van der Waals surface area contributed by atoms with Gasteiger partial charge in [0.1, 0.15) is 5.75 Å². The third-order valence-electron chi connectivity index (χ3n) is 5.37.